The molecule has 3 unspecified atom stereocenters. The molecule has 0 radical (unpaired) electrons. The third-order valence-electron chi connectivity index (χ3n) is 4.00. The van der Waals surface area contributed by atoms with Gasteiger partial charge >= 0.3 is 0 Å². The predicted octanol–water partition coefficient (Wildman–Crippen LogP) is 4.30. The summed E-state index contributed by atoms with van der Waals surface area (Å²) in [5, 5.41) is 3.61. The van der Waals surface area contributed by atoms with Crippen LogP contribution in [-0.4, -0.2) is 11.5 Å². The van der Waals surface area contributed by atoms with Crippen molar-refractivity contribution in [2.24, 2.45) is 5.92 Å². The first-order valence-corrected chi connectivity index (χ1v) is 7.99. The van der Waals surface area contributed by atoms with E-state index >= 15 is 0 Å². The van der Waals surface area contributed by atoms with Gasteiger partial charge in [-0.3, -0.25) is 4.98 Å². The third kappa shape index (κ3) is 2.79. The fraction of sp³-hybridized carbons (Fsp3) is 0.353. The normalized spacial score (nSPS) is 22.5. The minimum Gasteiger partial charge on any atom is -0.309 e. The summed E-state index contributed by atoms with van der Waals surface area (Å²) in [4.78, 5) is 4.58. The van der Waals surface area contributed by atoms with Gasteiger partial charge in [-0.25, -0.2) is 0 Å². The summed E-state index contributed by atoms with van der Waals surface area (Å²) in [7, 11) is 0. The standard InChI is InChI=1S/C17H19BrN2/c1-2-19-16(17-15(18)9-6-10-20-17)14-11-13(14)12-7-4-3-5-8-12/h3-10,13-14,16,19H,2,11H2,1H3. The highest BCUT2D eigenvalue weighted by atomic mass is 79.9. The lowest BCUT2D eigenvalue weighted by Gasteiger charge is -2.19. The average molecular weight is 331 g/mol. The minimum absolute atomic E-state index is 0.334. The van der Waals surface area contributed by atoms with Crippen molar-refractivity contribution in [3.05, 3.63) is 64.4 Å². The van der Waals surface area contributed by atoms with E-state index in [1.807, 2.05) is 12.3 Å². The van der Waals surface area contributed by atoms with Crippen molar-refractivity contribution in [2.45, 2.75) is 25.3 Å². The molecule has 104 valence electrons. The Morgan fingerprint density at radius 2 is 2.05 bits per heavy atom. The van der Waals surface area contributed by atoms with Gasteiger partial charge in [0.25, 0.3) is 0 Å². The Kier molecular flexibility index (Phi) is 4.18. The lowest BCUT2D eigenvalue weighted by atomic mass is 10.0. The van der Waals surface area contributed by atoms with E-state index in [1.165, 1.54) is 12.0 Å². The minimum atomic E-state index is 0.334. The van der Waals surface area contributed by atoms with Crippen molar-refractivity contribution in [3.63, 3.8) is 0 Å². The van der Waals surface area contributed by atoms with E-state index in [9.17, 15) is 0 Å². The van der Waals surface area contributed by atoms with E-state index in [2.05, 4.69) is 69.6 Å². The summed E-state index contributed by atoms with van der Waals surface area (Å²) in [5.41, 5.74) is 2.59. The molecule has 3 heteroatoms. The highest BCUT2D eigenvalue weighted by Crippen LogP contribution is 2.54. The van der Waals surface area contributed by atoms with Crippen LogP contribution in [0.5, 0.6) is 0 Å². The molecule has 0 amide bonds. The van der Waals surface area contributed by atoms with Crippen molar-refractivity contribution in [3.8, 4) is 0 Å². The monoisotopic (exact) mass is 330 g/mol. The molecule has 1 fully saturated rings. The summed E-state index contributed by atoms with van der Waals surface area (Å²) < 4.78 is 1.10. The van der Waals surface area contributed by atoms with Crippen LogP contribution in [0, 0.1) is 5.92 Å². The van der Waals surface area contributed by atoms with Crippen molar-refractivity contribution in [1.29, 1.82) is 0 Å². The maximum Gasteiger partial charge on any atom is 0.0717 e. The number of benzene rings is 1. The summed E-state index contributed by atoms with van der Waals surface area (Å²) in [6.45, 7) is 3.12. The Morgan fingerprint density at radius 3 is 2.75 bits per heavy atom. The molecule has 1 aromatic heterocycles. The molecule has 20 heavy (non-hydrogen) atoms. The number of halogens is 1. The van der Waals surface area contributed by atoms with Crippen molar-refractivity contribution >= 4 is 15.9 Å². The highest BCUT2D eigenvalue weighted by molar-refractivity contribution is 9.10. The average Bonchev–Trinajstić information content (AvgIpc) is 3.27. The number of rotatable bonds is 5. The van der Waals surface area contributed by atoms with Crippen LogP contribution in [0.1, 0.15) is 36.6 Å². The summed E-state index contributed by atoms with van der Waals surface area (Å²) >= 11 is 3.64. The molecule has 0 aliphatic heterocycles. The molecule has 1 aliphatic carbocycles. The van der Waals surface area contributed by atoms with Gasteiger partial charge in [0.2, 0.25) is 0 Å². The van der Waals surface area contributed by atoms with Crippen molar-refractivity contribution in [1.82, 2.24) is 10.3 Å². The Balaban J connectivity index is 1.82. The Labute approximate surface area is 128 Å². The number of hydrogen-bond donors (Lipinski definition) is 1. The maximum absolute atomic E-state index is 4.58. The van der Waals surface area contributed by atoms with Crippen LogP contribution in [0.2, 0.25) is 0 Å². The highest BCUT2D eigenvalue weighted by Gasteiger charge is 2.45. The van der Waals surface area contributed by atoms with Gasteiger partial charge in [0.05, 0.1) is 11.7 Å². The van der Waals surface area contributed by atoms with Gasteiger partial charge in [0, 0.05) is 10.7 Å². The molecule has 1 saturated carbocycles. The van der Waals surface area contributed by atoms with Crippen LogP contribution in [0.3, 0.4) is 0 Å². The number of hydrogen-bond acceptors (Lipinski definition) is 2. The molecule has 1 N–H and O–H groups in total. The Bertz CT molecular complexity index is 570. The van der Waals surface area contributed by atoms with Crippen LogP contribution >= 0.6 is 15.9 Å². The summed E-state index contributed by atoms with van der Waals surface area (Å²) in [6.07, 6.45) is 3.12. The second kappa shape index (κ2) is 6.06. The van der Waals surface area contributed by atoms with Crippen LogP contribution in [0.4, 0.5) is 0 Å². The second-order valence-electron chi connectivity index (χ2n) is 5.32. The summed E-state index contributed by atoms with van der Waals surface area (Å²) in [6, 6.07) is 15.2. The fourth-order valence-electron chi connectivity index (χ4n) is 2.96. The zero-order valence-corrected chi connectivity index (χ0v) is 13.2. The van der Waals surface area contributed by atoms with E-state index in [4.69, 9.17) is 0 Å². The quantitative estimate of drug-likeness (QED) is 0.884. The lowest BCUT2D eigenvalue weighted by Crippen LogP contribution is -2.24. The predicted molar refractivity (Wildman–Crippen MR) is 85.6 cm³/mol. The van der Waals surface area contributed by atoms with E-state index in [1.54, 1.807) is 0 Å². The largest absolute Gasteiger partial charge is 0.309 e. The van der Waals surface area contributed by atoms with Gasteiger partial charge in [-0.2, -0.15) is 0 Å². The topological polar surface area (TPSA) is 24.9 Å². The Hall–Kier alpha value is -1.19. The van der Waals surface area contributed by atoms with Gasteiger partial charge in [0.1, 0.15) is 0 Å². The molecule has 0 bridgehead atoms. The molecule has 2 aromatic rings. The lowest BCUT2D eigenvalue weighted by molar-refractivity contribution is 0.474. The van der Waals surface area contributed by atoms with E-state index < -0.39 is 0 Å². The molecule has 1 aliphatic rings. The molecule has 0 saturated heterocycles. The number of aromatic nitrogens is 1. The smallest absolute Gasteiger partial charge is 0.0717 e. The van der Waals surface area contributed by atoms with Crippen LogP contribution in [0.25, 0.3) is 0 Å². The zero-order chi connectivity index (χ0) is 13.9. The van der Waals surface area contributed by atoms with Crippen LogP contribution < -0.4 is 5.32 Å². The van der Waals surface area contributed by atoms with E-state index in [-0.39, 0.29) is 0 Å². The maximum atomic E-state index is 4.58. The van der Waals surface area contributed by atoms with Gasteiger partial charge in [-0.1, -0.05) is 37.3 Å². The van der Waals surface area contributed by atoms with Crippen molar-refractivity contribution in [2.75, 3.05) is 6.54 Å². The first-order valence-electron chi connectivity index (χ1n) is 7.20. The second-order valence-corrected chi connectivity index (χ2v) is 6.18. The molecule has 1 heterocycles. The molecule has 3 atom stereocenters. The van der Waals surface area contributed by atoms with E-state index in [0.717, 1.165) is 16.7 Å². The molecular formula is C17H19BrN2. The number of pyridine rings is 1. The molecule has 2 nitrogen and oxygen atoms in total. The molecular weight excluding hydrogens is 312 g/mol. The molecule has 0 spiro atoms. The molecule has 3 rings (SSSR count). The van der Waals surface area contributed by atoms with E-state index in [0.29, 0.717) is 17.9 Å². The fourth-order valence-corrected chi connectivity index (χ4v) is 3.47. The van der Waals surface area contributed by atoms with Gasteiger partial charge < -0.3 is 5.32 Å². The third-order valence-corrected chi connectivity index (χ3v) is 4.67. The van der Waals surface area contributed by atoms with Crippen LogP contribution in [-0.2, 0) is 0 Å². The van der Waals surface area contributed by atoms with Crippen LogP contribution in [0.15, 0.2) is 53.1 Å². The number of nitrogens with zero attached hydrogens (tertiary/aromatic N) is 1. The Morgan fingerprint density at radius 1 is 1.25 bits per heavy atom. The first-order chi connectivity index (χ1) is 9.81. The SMILES string of the molecule is CCNC(c1ncccc1Br)C1CC1c1ccccc1. The number of nitrogens with one attached hydrogen (secondary N) is 1. The zero-order valence-electron chi connectivity index (χ0n) is 11.6. The van der Waals surface area contributed by atoms with Crippen molar-refractivity contribution < 1.29 is 0 Å². The molecule has 1 aromatic carbocycles. The summed E-state index contributed by atoms with van der Waals surface area (Å²) in [5.74, 6) is 1.30. The first kappa shape index (κ1) is 13.8. The van der Waals surface area contributed by atoms with Gasteiger partial charge in [-0.05, 0) is 58.4 Å². The van der Waals surface area contributed by atoms with Gasteiger partial charge in [-0.15, -0.1) is 0 Å². The van der Waals surface area contributed by atoms with Gasteiger partial charge in [0.15, 0.2) is 0 Å².